The summed E-state index contributed by atoms with van der Waals surface area (Å²) in [6, 6.07) is 7.46. The maximum Gasteiger partial charge on any atom is 0.230 e. The van der Waals surface area contributed by atoms with Crippen LogP contribution in [0.4, 0.5) is 0 Å². The summed E-state index contributed by atoms with van der Waals surface area (Å²) in [7, 11) is 0. The molecule has 0 saturated heterocycles. The van der Waals surface area contributed by atoms with E-state index in [1.54, 1.807) is 24.3 Å². The van der Waals surface area contributed by atoms with Gasteiger partial charge in [-0.05, 0) is 37.1 Å². The van der Waals surface area contributed by atoms with Crippen molar-refractivity contribution in [3.05, 3.63) is 35.1 Å². The lowest BCUT2D eigenvalue weighted by Gasteiger charge is -2.22. The number of H-pyrrole nitrogens is 1. The van der Waals surface area contributed by atoms with Crippen LogP contribution < -0.4 is 10.1 Å². The summed E-state index contributed by atoms with van der Waals surface area (Å²) < 4.78 is 5.61. The summed E-state index contributed by atoms with van der Waals surface area (Å²) in [6.45, 7) is 0.281. The number of nitrogens with one attached hydrogen (secondary N) is 2. The molecule has 1 aliphatic carbocycles. The zero-order valence-corrected chi connectivity index (χ0v) is 15.4. The molecular weight excluding hydrogens is 360 g/mol. The molecule has 2 N–H and O–H groups in total. The third-order valence-electron chi connectivity index (χ3n) is 4.00. The van der Waals surface area contributed by atoms with Crippen molar-refractivity contribution < 1.29 is 9.53 Å². The van der Waals surface area contributed by atoms with E-state index >= 15 is 0 Å². The minimum absolute atomic E-state index is 0.0423. The van der Waals surface area contributed by atoms with Crippen LogP contribution in [0.1, 0.15) is 37.9 Å². The van der Waals surface area contributed by atoms with Gasteiger partial charge in [0.2, 0.25) is 11.1 Å². The highest BCUT2D eigenvalue weighted by Gasteiger charge is 2.16. The Kier molecular flexibility index (Phi) is 6.58. The number of benzene rings is 1. The van der Waals surface area contributed by atoms with Crippen molar-refractivity contribution in [2.75, 3.05) is 5.75 Å². The van der Waals surface area contributed by atoms with Gasteiger partial charge in [0.25, 0.3) is 0 Å². The number of aromatic nitrogens is 3. The Morgan fingerprint density at radius 2 is 2.04 bits per heavy atom. The van der Waals surface area contributed by atoms with Crippen molar-refractivity contribution in [2.45, 2.75) is 49.9 Å². The monoisotopic (exact) mass is 380 g/mol. The van der Waals surface area contributed by atoms with Crippen molar-refractivity contribution in [1.82, 2.24) is 20.5 Å². The second kappa shape index (κ2) is 9.10. The minimum atomic E-state index is 0.0423. The number of rotatable bonds is 7. The molecule has 1 aliphatic rings. The van der Waals surface area contributed by atoms with Crippen molar-refractivity contribution in [3.63, 3.8) is 0 Å². The van der Waals surface area contributed by atoms with Crippen LogP contribution in [0.3, 0.4) is 0 Å². The minimum Gasteiger partial charge on any atom is -0.486 e. The molecule has 8 heteroatoms. The van der Waals surface area contributed by atoms with Crippen LogP contribution in [-0.2, 0) is 11.4 Å². The van der Waals surface area contributed by atoms with Gasteiger partial charge < -0.3 is 10.1 Å². The fourth-order valence-electron chi connectivity index (χ4n) is 2.74. The van der Waals surface area contributed by atoms with E-state index in [4.69, 9.17) is 16.3 Å². The number of nitrogens with zero attached hydrogens (tertiary/aromatic N) is 2. The first kappa shape index (κ1) is 18.1. The Hall–Kier alpha value is -1.73. The number of carbonyl (C=O) groups excluding carboxylic acids is 1. The van der Waals surface area contributed by atoms with Crippen molar-refractivity contribution in [1.29, 1.82) is 0 Å². The Morgan fingerprint density at radius 3 is 2.80 bits per heavy atom. The van der Waals surface area contributed by atoms with Crippen LogP contribution in [0.2, 0.25) is 5.02 Å². The maximum absolute atomic E-state index is 12.0. The van der Waals surface area contributed by atoms with Crippen LogP contribution >= 0.6 is 23.4 Å². The van der Waals surface area contributed by atoms with Crippen LogP contribution in [0.5, 0.6) is 5.75 Å². The standard InChI is InChI=1S/C17H21ClN4O2S/c18-12-6-8-14(9-7-12)24-10-15-20-17(22-21-15)25-11-16(23)19-13-4-2-1-3-5-13/h6-9,13H,1-5,10-11H2,(H,19,23)(H,20,21,22). The number of hydrogen-bond acceptors (Lipinski definition) is 5. The molecule has 0 bridgehead atoms. The fraction of sp³-hybridized carbons (Fsp3) is 0.471. The fourth-order valence-corrected chi connectivity index (χ4v) is 3.49. The Labute approximate surface area is 156 Å². The van der Waals surface area contributed by atoms with Gasteiger partial charge in [0, 0.05) is 11.1 Å². The highest BCUT2D eigenvalue weighted by molar-refractivity contribution is 7.99. The summed E-state index contributed by atoms with van der Waals surface area (Å²) in [5.41, 5.74) is 0. The molecule has 0 radical (unpaired) electrons. The van der Waals surface area contributed by atoms with Crippen LogP contribution in [-0.4, -0.2) is 32.9 Å². The number of ether oxygens (including phenoxy) is 1. The van der Waals surface area contributed by atoms with Crippen molar-refractivity contribution in [2.24, 2.45) is 0 Å². The summed E-state index contributed by atoms with van der Waals surface area (Å²) in [5, 5.41) is 11.2. The van der Waals surface area contributed by atoms with Gasteiger partial charge in [-0.15, -0.1) is 5.10 Å². The second-order valence-electron chi connectivity index (χ2n) is 6.00. The van der Waals surface area contributed by atoms with E-state index in [9.17, 15) is 4.79 Å². The molecule has 1 fully saturated rings. The highest BCUT2D eigenvalue weighted by atomic mass is 35.5. The number of hydrogen-bond donors (Lipinski definition) is 2. The molecule has 1 saturated carbocycles. The second-order valence-corrected chi connectivity index (χ2v) is 7.38. The average molecular weight is 381 g/mol. The smallest absolute Gasteiger partial charge is 0.230 e. The topological polar surface area (TPSA) is 79.9 Å². The first-order valence-electron chi connectivity index (χ1n) is 8.41. The van der Waals surface area contributed by atoms with Gasteiger partial charge in [0.15, 0.2) is 5.82 Å². The average Bonchev–Trinajstić information content (AvgIpc) is 3.08. The van der Waals surface area contributed by atoms with E-state index in [1.165, 1.54) is 31.0 Å². The summed E-state index contributed by atoms with van der Waals surface area (Å²) in [6.07, 6.45) is 5.86. The molecule has 6 nitrogen and oxygen atoms in total. The third-order valence-corrected chi connectivity index (χ3v) is 5.10. The molecule has 3 rings (SSSR count). The molecule has 134 valence electrons. The van der Waals surface area contributed by atoms with E-state index in [1.807, 2.05) is 0 Å². The molecule has 1 heterocycles. The van der Waals surface area contributed by atoms with Crippen LogP contribution in [0, 0.1) is 0 Å². The molecule has 0 aliphatic heterocycles. The number of aromatic amines is 1. The first-order chi connectivity index (χ1) is 12.2. The molecule has 0 atom stereocenters. The van der Waals surface area contributed by atoms with Gasteiger partial charge in [-0.3, -0.25) is 9.89 Å². The Morgan fingerprint density at radius 1 is 1.28 bits per heavy atom. The SMILES string of the molecule is O=C(CSc1n[nH]c(COc2ccc(Cl)cc2)n1)NC1CCCCC1. The van der Waals surface area contributed by atoms with Gasteiger partial charge in [-0.2, -0.15) is 0 Å². The van der Waals surface area contributed by atoms with Gasteiger partial charge >= 0.3 is 0 Å². The molecule has 2 aromatic rings. The lowest BCUT2D eigenvalue weighted by molar-refractivity contribution is -0.119. The highest BCUT2D eigenvalue weighted by Crippen LogP contribution is 2.19. The molecular formula is C17H21ClN4O2S. The van der Waals surface area contributed by atoms with Crippen molar-refractivity contribution >= 4 is 29.3 Å². The number of thioether (sulfide) groups is 1. The molecule has 1 aromatic heterocycles. The Balaban J connectivity index is 1.40. The van der Waals surface area contributed by atoms with Gasteiger partial charge in [-0.25, -0.2) is 4.98 Å². The molecule has 0 spiro atoms. The number of amides is 1. The zero-order chi connectivity index (χ0) is 17.5. The predicted molar refractivity (Wildman–Crippen MR) is 97.9 cm³/mol. The quantitative estimate of drug-likeness (QED) is 0.717. The van der Waals surface area contributed by atoms with Crippen LogP contribution in [0.15, 0.2) is 29.4 Å². The molecule has 1 amide bonds. The van der Waals surface area contributed by atoms with E-state index in [-0.39, 0.29) is 12.5 Å². The van der Waals surface area contributed by atoms with E-state index in [0.29, 0.717) is 33.5 Å². The maximum atomic E-state index is 12.0. The predicted octanol–water partition coefficient (Wildman–Crippen LogP) is 3.58. The van der Waals surface area contributed by atoms with E-state index in [2.05, 4.69) is 20.5 Å². The normalized spacial score (nSPS) is 15.1. The van der Waals surface area contributed by atoms with E-state index < -0.39 is 0 Å². The zero-order valence-electron chi connectivity index (χ0n) is 13.8. The number of carbonyl (C=O) groups is 1. The largest absolute Gasteiger partial charge is 0.486 e. The Bertz CT molecular complexity index is 686. The lowest BCUT2D eigenvalue weighted by Crippen LogP contribution is -2.37. The molecule has 25 heavy (non-hydrogen) atoms. The summed E-state index contributed by atoms with van der Waals surface area (Å²) >= 11 is 7.16. The van der Waals surface area contributed by atoms with Gasteiger partial charge in [0.05, 0.1) is 5.75 Å². The van der Waals surface area contributed by atoms with Crippen LogP contribution in [0.25, 0.3) is 0 Å². The van der Waals surface area contributed by atoms with E-state index in [0.717, 1.165) is 12.8 Å². The third kappa shape index (κ3) is 5.93. The summed E-state index contributed by atoms with van der Waals surface area (Å²) in [4.78, 5) is 16.3. The lowest BCUT2D eigenvalue weighted by atomic mass is 9.95. The van der Waals surface area contributed by atoms with Gasteiger partial charge in [-0.1, -0.05) is 42.6 Å². The summed E-state index contributed by atoms with van der Waals surface area (Å²) in [5.74, 6) is 1.69. The van der Waals surface area contributed by atoms with Gasteiger partial charge in [0.1, 0.15) is 12.4 Å². The molecule has 0 unspecified atom stereocenters. The number of halogens is 1. The first-order valence-corrected chi connectivity index (χ1v) is 9.77. The molecule has 1 aromatic carbocycles. The van der Waals surface area contributed by atoms with Crippen molar-refractivity contribution in [3.8, 4) is 5.75 Å².